The summed E-state index contributed by atoms with van der Waals surface area (Å²) in [6.45, 7) is -0.341. The molecule has 1 aliphatic rings. The average molecular weight is 230 g/mol. The van der Waals surface area contributed by atoms with Gasteiger partial charge in [0.2, 0.25) is 0 Å². The van der Waals surface area contributed by atoms with Crippen molar-refractivity contribution in [2.75, 3.05) is 6.61 Å². The quantitative estimate of drug-likeness (QED) is 0.529. The third kappa shape index (κ3) is 2.41. The van der Waals surface area contributed by atoms with Gasteiger partial charge >= 0.3 is 15.6 Å². The summed E-state index contributed by atoms with van der Waals surface area (Å²) in [6.07, 6.45) is 3.50. The summed E-state index contributed by atoms with van der Waals surface area (Å²) in [6, 6.07) is 0. The third-order valence-electron chi connectivity index (χ3n) is 1.18. The van der Waals surface area contributed by atoms with E-state index in [2.05, 4.69) is 8.92 Å². The lowest BCUT2D eigenvalue weighted by molar-refractivity contribution is -0.0527. The van der Waals surface area contributed by atoms with Crippen LogP contribution in [0.4, 0.5) is 13.2 Å². The minimum absolute atomic E-state index is 0.341. The topological polar surface area (TPSA) is 52.6 Å². The second kappa shape index (κ2) is 3.52. The second-order valence-electron chi connectivity index (χ2n) is 2.26. The molecule has 0 unspecified atom stereocenters. The van der Waals surface area contributed by atoms with Crippen molar-refractivity contribution in [3.8, 4) is 0 Å². The molecule has 0 aromatic carbocycles. The van der Waals surface area contributed by atoms with Gasteiger partial charge in [0.25, 0.3) is 0 Å². The Morgan fingerprint density at radius 2 is 2.07 bits per heavy atom. The Morgan fingerprint density at radius 1 is 1.43 bits per heavy atom. The Labute approximate surface area is 77.7 Å². The largest absolute Gasteiger partial charge is 0.534 e. The zero-order valence-corrected chi connectivity index (χ0v) is 7.43. The summed E-state index contributed by atoms with van der Waals surface area (Å²) < 4.78 is 64.6. The van der Waals surface area contributed by atoms with E-state index >= 15 is 0 Å². The Kier molecular flexibility index (Phi) is 2.74. The first kappa shape index (κ1) is 10.9. The molecule has 80 valence electrons. The third-order valence-corrected chi connectivity index (χ3v) is 2.18. The highest BCUT2D eigenvalue weighted by molar-refractivity contribution is 7.87. The van der Waals surface area contributed by atoms with E-state index in [1.54, 1.807) is 0 Å². The predicted molar refractivity (Wildman–Crippen MR) is 39.2 cm³/mol. The Hall–Kier alpha value is -1.18. The molecular weight excluding hydrogens is 225 g/mol. The molecule has 0 amide bonds. The highest BCUT2D eigenvalue weighted by Crippen LogP contribution is 2.26. The number of ether oxygens (including phenoxy) is 1. The molecule has 0 atom stereocenters. The molecule has 4 nitrogen and oxygen atoms in total. The fourth-order valence-corrected chi connectivity index (χ4v) is 1.10. The molecule has 1 rings (SSSR count). The van der Waals surface area contributed by atoms with Crippen LogP contribution in [-0.4, -0.2) is 20.5 Å². The zero-order valence-electron chi connectivity index (χ0n) is 6.61. The van der Waals surface area contributed by atoms with E-state index in [1.165, 1.54) is 12.3 Å². The van der Waals surface area contributed by atoms with E-state index in [9.17, 15) is 21.6 Å². The van der Waals surface area contributed by atoms with Crippen molar-refractivity contribution >= 4 is 10.1 Å². The van der Waals surface area contributed by atoms with Crippen molar-refractivity contribution in [3.05, 3.63) is 24.2 Å². The first-order valence-corrected chi connectivity index (χ1v) is 4.72. The monoisotopic (exact) mass is 230 g/mol. The van der Waals surface area contributed by atoms with Gasteiger partial charge in [-0.05, 0) is 12.2 Å². The molecule has 0 fully saturated rings. The minimum Gasteiger partial charge on any atom is -0.493 e. The van der Waals surface area contributed by atoms with Crippen LogP contribution in [0.2, 0.25) is 0 Å². The van der Waals surface area contributed by atoms with Crippen molar-refractivity contribution in [1.82, 2.24) is 0 Å². The Bertz CT molecular complexity index is 365. The molecule has 14 heavy (non-hydrogen) atoms. The van der Waals surface area contributed by atoms with E-state index in [4.69, 9.17) is 0 Å². The van der Waals surface area contributed by atoms with Crippen molar-refractivity contribution in [1.29, 1.82) is 0 Å². The van der Waals surface area contributed by atoms with Crippen LogP contribution < -0.4 is 0 Å². The van der Waals surface area contributed by atoms with Gasteiger partial charge in [-0.15, -0.1) is 0 Å². The summed E-state index contributed by atoms with van der Waals surface area (Å²) in [4.78, 5) is 0. The normalized spacial score (nSPS) is 17.2. The first-order chi connectivity index (χ1) is 6.33. The predicted octanol–water partition coefficient (Wildman–Crippen LogP) is 1.28. The zero-order chi connectivity index (χ0) is 10.8. The maximum Gasteiger partial charge on any atom is 0.534 e. The van der Waals surface area contributed by atoms with Crippen LogP contribution in [0.25, 0.3) is 0 Å². The summed E-state index contributed by atoms with van der Waals surface area (Å²) in [7, 11) is -5.58. The van der Waals surface area contributed by atoms with E-state index in [-0.39, 0.29) is 6.61 Å². The Morgan fingerprint density at radius 3 is 2.50 bits per heavy atom. The molecular formula is C6H5F3O4S. The maximum atomic E-state index is 11.8. The lowest BCUT2D eigenvalue weighted by Gasteiger charge is -2.13. The van der Waals surface area contributed by atoms with Crippen LogP contribution in [0.1, 0.15) is 0 Å². The Balaban J connectivity index is 2.79. The fraction of sp³-hybridized carbons (Fsp3) is 0.333. The van der Waals surface area contributed by atoms with E-state index in [0.717, 1.165) is 6.08 Å². The molecule has 8 heteroatoms. The van der Waals surface area contributed by atoms with Crippen LogP contribution in [0.15, 0.2) is 24.2 Å². The van der Waals surface area contributed by atoms with Gasteiger partial charge in [0.05, 0.1) is 6.26 Å². The van der Waals surface area contributed by atoms with Gasteiger partial charge in [0.15, 0.2) is 5.76 Å². The van der Waals surface area contributed by atoms with Gasteiger partial charge in [-0.25, -0.2) is 0 Å². The number of allylic oxidation sites excluding steroid dienone is 2. The number of alkyl halides is 3. The van der Waals surface area contributed by atoms with Crippen molar-refractivity contribution in [2.45, 2.75) is 5.51 Å². The summed E-state index contributed by atoms with van der Waals surface area (Å²) in [5.41, 5.74) is -5.42. The number of rotatable bonds is 2. The maximum absolute atomic E-state index is 11.8. The van der Waals surface area contributed by atoms with Gasteiger partial charge in [-0.1, -0.05) is 0 Å². The van der Waals surface area contributed by atoms with Crippen LogP contribution >= 0.6 is 0 Å². The van der Waals surface area contributed by atoms with E-state index < -0.39 is 21.4 Å². The highest BCUT2D eigenvalue weighted by Gasteiger charge is 2.48. The summed E-state index contributed by atoms with van der Waals surface area (Å²) >= 11 is 0. The molecule has 0 spiro atoms. The summed E-state index contributed by atoms with van der Waals surface area (Å²) in [5.74, 6) is -0.412. The molecule has 0 bridgehead atoms. The van der Waals surface area contributed by atoms with Crippen LogP contribution in [0.5, 0.6) is 0 Å². The molecule has 0 aromatic heterocycles. The number of halogens is 3. The molecule has 1 aliphatic heterocycles. The van der Waals surface area contributed by atoms with E-state index in [0.29, 0.717) is 0 Å². The number of hydrogen-bond donors (Lipinski definition) is 0. The minimum atomic E-state index is -5.58. The van der Waals surface area contributed by atoms with Gasteiger partial charge in [0.1, 0.15) is 6.61 Å². The van der Waals surface area contributed by atoms with Crippen LogP contribution in [0, 0.1) is 0 Å². The molecule has 0 radical (unpaired) electrons. The SMILES string of the molecule is O=S(=O)(OC1=CC=COC1)C(F)(F)F. The highest BCUT2D eigenvalue weighted by atomic mass is 32.2. The fourth-order valence-electron chi connectivity index (χ4n) is 0.621. The molecule has 0 aliphatic carbocycles. The molecule has 1 heterocycles. The molecule has 0 saturated heterocycles. The van der Waals surface area contributed by atoms with Crippen molar-refractivity contribution in [3.63, 3.8) is 0 Å². The van der Waals surface area contributed by atoms with Crippen LogP contribution in [0.3, 0.4) is 0 Å². The molecule has 0 N–H and O–H groups in total. The van der Waals surface area contributed by atoms with Crippen molar-refractivity contribution < 1.29 is 30.5 Å². The molecule has 0 aromatic rings. The first-order valence-electron chi connectivity index (χ1n) is 3.31. The lowest BCUT2D eigenvalue weighted by atomic mass is 10.4. The molecule has 0 saturated carbocycles. The lowest BCUT2D eigenvalue weighted by Crippen LogP contribution is -2.26. The average Bonchev–Trinajstić information content (AvgIpc) is 2.03. The number of hydrogen-bond acceptors (Lipinski definition) is 4. The standard InChI is InChI=1S/C6H5F3O4S/c7-6(8,9)14(10,11)13-5-2-1-3-12-4-5/h1-3H,4H2. The summed E-state index contributed by atoms with van der Waals surface area (Å²) in [5, 5.41) is 0. The van der Waals surface area contributed by atoms with Gasteiger partial charge < -0.3 is 8.92 Å². The van der Waals surface area contributed by atoms with Gasteiger partial charge in [0, 0.05) is 0 Å². The van der Waals surface area contributed by atoms with Crippen molar-refractivity contribution in [2.24, 2.45) is 0 Å². The van der Waals surface area contributed by atoms with Gasteiger partial charge in [-0.3, -0.25) is 0 Å². The van der Waals surface area contributed by atoms with Crippen LogP contribution in [-0.2, 0) is 19.0 Å². The second-order valence-corrected chi connectivity index (χ2v) is 3.79. The smallest absolute Gasteiger partial charge is 0.493 e. The van der Waals surface area contributed by atoms with E-state index in [1.807, 2.05) is 0 Å². The van der Waals surface area contributed by atoms with Gasteiger partial charge in [-0.2, -0.15) is 21.6 Å².